The number of amides is 1. The molecular weight excluding hydrogens is 426 g/mol. The number of furan rings is 1. The van der Waals surface area contributed by atoms with Crippen molar-refractivity contribution in [2.24, 2.45) is 0 Å². The molecule has 0 bridgehead atoms. The maximum absolute atomic E-state index is 12.6. The van der Waals surface area contributed by atoms with Crippen molar-refractivity contribution in [3.05, 3.63) is 102 Å². The van der Waals surface area contributed by atoms with Gasteiger partial charge in [0.15, 0.2) is 5.65 Å². The van der Waals surface area contributed by atoms with Gasteiger partial charge in [-0.15, -0.1) is 0 Å². The summed E-state index contributed by atoms with van der Waals surface area (Å²) in [5.41, 5.74) is 3.65. The molecule has 0 aliphatic heterocycles. The van der Waals surface area contributed by atoms with E-state index in [0.717, 1.165) is 22.8 Å². The molecule has 0 unspecified atom stereocenters. The Balaban J connectivity index is 1.45. The van der Waals surface area contributed by atoms with Gasteiger partial charge in [-0.1, -0.05) is 29.8 Å². The molecule has 32 heavy (non-hydrogen) atoms. The van der Waals surface area contributed by atoms with E-state index in [1.807, 2.05) is 53.1 Å². The molecule has 1 amide bonds. The molecule has 7 nitrogen and oxygen atoms in total. The van der Waals surface area contributed by atoms with Gasteiger partial charge in [-0.05, 0) is 42.5 Å². The molecule has 0 aliphatic carbocycles. The Bertz CT molecular complexity index is 1380. The summed E-state index contributed by atoms with van der Waals surface area (Å²) in [5, 5.41) is 6.93. The summed E-state index contributed by atoms with van der Waals surface area (Å²) in [7, 11) is 0. The van der Waals surface area contributed by atoms with Crippen molar-refractivity contribution in [3.8, 4) is 11.3 Å². The fourth-order valence-corrected chi connectivity index (χ4v) is 3.52. The van der Waals surface area contributed by atoms with Gasteiger partial charge in [0.05, 0.1) is 19.0 Å². The fourth-order valence-electron chi connectivity index (χ4n) is 3.39. The highest BCUT2D eigenvalue weighted by atomic mass is 35.5. The highest BCUT2D eigenvalue weighted by Crippen LogP contribution is 2.31. The lowest BCUT2D eigenvalue weighted by atomic mass is 10.1. The van der Waals surface area contributed by atoms with Crippen LogP contribution >= 0.6 is 11.6 Å². The zero-order valence-corrected chi connectivity index (χ0v) is 17.6. The number of hydrogen-bond acceptors (Lipinski definition) is 5. The Morgan fingerprint density at radius 3 is 2.78 bits per heavy atom. The molecule has 2 N–H and O–H groups in total. The molecule has 0 saturated carbocycles. The van der Waals surface area contributed by atoms with Crippen LogP contribution in [0.4, 0.5) is 11.5 Å². The minimum absolute atomic E-state index is 0.190. The number of rotatable bonds is 6. The number of carbonyl (C=O) groups excluding carboxylic acids is 1. The molecule has 0 atom stereocenters. The minimum Gasteiger partial charge on any atom is -0.467 e. The van der Waals surface area contributed by atoms with E-state index >= 15 is 0 Å². The van der Waals surface area contributed by atoms with Crippen molar-refractivity contribution in [1.82, 2.24) is 19.7 Å². The summed E-state index contributed by atoms with van der Waals surface area (Å²) in [5.74, 6) is 1.27. The molecule has 3 aromatic heterocycles. The van der Waals surface area contributed by atoms with Crippen molar-refractivity contribution < 1.29 is 9.21 Å². The van der Waals surface area contributed by atoms with E-state index in [-0.39, 0.29) is 5.91 Å². The molecular formula is C24H18ClN5O2. The van der Waals surface area contributed by atoms with Crippen LogP contribution in [-0.4, -0.2) is 20.3 Å². The second kappa shape index (κ2) is 8.56. The van der Waals surface area contributed by atoms with E-state index in [0.29, 0.717) is 28.5 Å². The summed E-state index contributed by atoms with van der Waals surface area (Å²) in [6.07, 6.45) is 6.81. The molecule has 5 aromatic rings. The van der Waals surface area contributed by atoms with Crippen LogP contribution in [0.2, 0.25) is 5.02 Å². The third-order valence-electron chi connectivity index (χ3n) is 4.94. The van der Waals surface area contributed by atoms with Crippen molar-refractivity contribution in [2.45, 2.75) is 6.54 Å². The standard InChI is InChI=1S/C24H18ClN5O2/c25-18-8-6-16(7-9-18)22-23(30-11-10-26-15-21(30)29-22)28-19-4-1-3-17(13-19)24(31)27-14-20-5-2-12-32-20/h1-13,15,28H,14H2,(H,27,31). The van der Waals surface area contributed by atoms with Crippen LogP contribution in [0.1, 0.15) is 16.1 Å². The van der Waals surface area contributed by atoms with Crippen LogP contribution in [0, 0.1) is 0 Å². The first-order valence-corrected chi connectivity index (χ1v) is 10.3. The Labute approximate surface area is 188 Å². The van der Waals surface area contributed by atoms with Gasteiger partial charge in [-0.25, -0.2) is 4.98 Å². The zero-order valence-electron chi connectivity index (χ0n) is 16.8. The maximum Gasteiger partial charge on any atom is 0.251 e. The van der Waals surface area contributed by atoms with Gasteiger partial charge >= 0.3 is 0 Å². The molecule has 5 rings (SSSR count). The summed E-state index contributed by atoms with van der Waals surface area (Å²) >= 11 is 6.06. The molecule has 2 aromatic carbocycles. The van der Waals surface area contributed by atoms with E-state index in [9.17, 15) is 4.79 Å². The molecule has 0 saturated heterocycles. The zero-order chi connectivity index (χ0) is 21.9. The van der Waals surface area contributed by atoms with E-state index < -0.39 is 0 Å². The number of anilines is 2. The van der Waals surface area contributed by atoms with Gasteiger partial charge in [-0.3, -0.25) is 14.2 Å². The number of benzene rings is 2. The number of hydrogen-bond donors (Lipinski definition) is 2. The fraction of sp³-hybridized carbons (Fsp3) is 0.0417. The van der Waals surface area contributed by atoms with Crippen LogP contribution < -0.4 is 10.6 Å². The van der Waals surface area contributed by atoms with Crippen LogP contribution in [-0.2, 0) is 6.54 Å². The molecule has 0 fully saturated rings. The Kier molecular flexibility index (Phi) is 5.31. The average molecular weight is 444 g/mol. The van der Waals surface area contributed by atoms with Gasteiger partial charge in [-0.2, -0.15) is 0 Å². The van der Waals surface area contributed by atoms with Gasteiger partial charge < -0.3 is 15.1 Å². The van der Waals surface area contributed by atoms with Crippen molar-refractivity contribution >= 4 is 34.7 Å². The van der Waals surface area contributed by atoms with Gasteiger partial charge in [0.2, 0.25) is 0 Å². The third kappa shape index (κ3) is 4.06. The van der Waals surface area contributed by atoms with Crippen molar-refractivity contribution in [2.75, 3.05) is 5.32 Å². The Morgan fingerprint density at radius 2 is 1.97 bits per heavy atom. The summed E-state index contributed by atoms with van der Waals surface area (Å²) in [4.78, 5) is 21.5. The van der Waals surface area contributed by atoms with E-state index in [1.165, 1.54) is 0 Å². The normalized spacial score (nSPS) is 10.9. The van der Waals surface area contributed by atoms with Crippen LogP contribution in [0.5, 0.6) is 0 Å². The number of carbonyl (C=O) groups is 1. The Hall–Kier alpha value is -4.10. The minimum atomic E-state index is -0.190. The van der Waals surface area contributed by atoms with Crippen LogP contribution in [0.25, 0.3) is 16.9 Å². The lowest BCUT2D eigenvalue weighted by Crippen LogP contribution is -2.22. The number of nitrogens with one attached hydrogen (secondary N) is 2. The van der Waals surface area contributed by atoms with Gasteiger partial charge in [0, 0.05) is 34.2 Å². The second-order valence-corrected chi connectivity index (χ2v) is 7.52. The number of nitrogens with zero attached hydrogens (tertiary/aromatic N) is 3. The number of imidazole rings is 1. The number of fused-ring (bicyclic) bond motifs is 1. The van der Waals surface area contributed by atoms with E-state index in [4.69, 9.17) is 21.0 Å². The highest BCUT2D eigenvalue weighted by molar-refractivity contribution is 6.30. The molecule has 3 heterocycles. The largest absolute Gasteiger partial charge is 0.467 e. The van der Waals surface area contributed by atoms with Gasteiger partial charge in [0.1, 0.15) is 17.3 Å². The highest BCUT2D eigenvalue weighted by Gasteiger charge is 2.15. The maximum atomic E-state index is 12.6. The molecule has 0 aliphatic rings. The first kappa shape index (κ1) is 19.8. The van der Waals surface area contributed by atoms with Crippen molar-refractivity contribution in [1.29, 1.82) is 0 Å². The lowest BCUT2D eigenvalue weighted by Gasteiger charge is -2.11. The topological polar surface area (TPSA) is 84.5 Å². The third-order valence-corrected chi connectivity index (χ3v) is 5.19. The summed E-state index contributed by atoms with van der Waals surface area (Å²) < 4.78 is 7.18. The first-order chi connectivity index (χ1) is 15.7. The molecule has 158 valence electrons. The quantitative estimate of drug-likeness (QED) is 0.371. The van der Waals surface area contributed by atoms with Crippen LogP contribution in [0.3, 0.4) is 0 Å². The molecule has 0 radical (unpaired) electrons. The summed E-state index contributed by atoms with van der Waals surface area (Å²) in [6.45, 7) is 0.324. The average Bonchev–Trinajstić information content (AvgIpc) is 3.47. The first-order valence-electron chi connectivity index (χ1n) is 9.93. The molecule has 8 heteroatoms. The smallest absolute Gasteiger partial charge is 0.251 e. The monoisotopic (exact) mass is 443 g/mol. The second-order valence-electron chi connectivity index (χ2n) is 7.09. The molecule has 0 spiro atoms. The SMILES string of the molecule is O=C(NCc1ccco1)c1cccc(Nc2c(-c3ccc(Cl)cc3)nc3cnccn23)c1. The lowest BCUT2D eigenvalue weighted by molar-refractivity contribution is 0.0948. The van der Waals surface area contributed by atoms with Crippen molar-refractivity contribution in [3.63, 3.8) is 0 Å². The number of aromatic nitrogens is 3. The predicted octanol–water partition coefficient (Wildman–Crippen LogP) is 5.32. The van der Waals surface area contributed by atoms with E-state index in [2.05, 4.69) is 15.6 Å². The predicted molar refractivity (Wildman–Crippen MR) is 123 cm³/mol. The summed E-state index contributed by atoms with van der Waals surface area (Å²) in [6, 6.07) is 18.4. The Morgan fingerprint density at radius 1 is 1.09 bits per heavy atom. The van der Waals surface area contributed by atoms with Crippen LogP contribution in [0.15, 0.2) is 89.9 Å². The van der Waals surface area contributed by atoms with Gasteiger partial charge in [0.25, 0.3) is 5.91 Å². The van der Waals surface area contributed by atoms with E-state index in [1.54, 1.807) is 36.9 Å². The number of halogens is 1.